The number of aliphatic hydroxyl groups is 1. The molecule has 0 aliphatic heterocycles. The molecule has 20 heavy (non-hydrogen) atoms. The molecule has 0 aromatic heterocycles. The van der Waals surface area contributed by atoms with Gasteiger partial charge in [0.15, 0.2) is 0 Å². The standard InChI is InChI=1S/C14H15Cl2NO2S/c1-20-13-5-10(11(15)6-12(13)16)14(19)17-9-3-2-8(4-9)7-18/h2-3,5-6,8-9,18H,4,7H2,1H3,(H,17,19)/t8-,9+/m0/s1. The Morgan fingerprint density at radius 3 is 2.75 bits per heavy atom. The summed E-state index contributed by atoms with van der Waals surface area (Å²) in [6, 6.07) is 3.22. The molecule has 0 radical (unpaired) electrons. The highest BCUT2D eigenvalue weighted by Crippen LogP contribution is 2.31. The van der Waals surface area contributed by atoms with E-state index in [1.807, 2.05) is 18.4 Å². The number of halogens is 2. The zero-order chi connectivity index (χ0) is 14.7. The Balaban J connectivity index is 2.12. The predicted octanol–water partition coefficient (Wildman–Crippen LogP) is 3.38. The zero-order valence-electron chi connectivity index (χ0n) is 10.9. The topological polar surface area (TPSA) is 49.3 Å². The van der Waals surface area contributed by atoms with Crippen LogP contribution in [0.5, 0.6) is 0 Å². The number of thioether (sulfide) groups is 1. The second-order valence-electron chi connectivity index (χ2n) is 4.61. The van der Waals surface area contributed by atoms with Crippen LogP contribution in [0.25, 0.3) is 0 Å². The monoisotopic (exact) mass is 331 g/mol. The Kier molecular flexibility index (Phi) is 5.38. The molecule has 1 aliphatic rings. The van der Waals surface area contributed by atoms with E-state index in [0.29, 0.717) is 22.0 Å². The quantitative estimate of drug-likeness (QED) is 0.656. The van der Waals surface area contributed by atoms with Crippen LogP contribution in [0.3, 0.4) is 0 Å². The fourth-order valence-electron chi connectivity index (χ4n) is 2.12. The maximum absolute atomic E-state index is 12.3. The molecular formula is C14H15Cl2NO2S. The fourth-order valence-corrected chi connectivity index (χ4v) is 3.31. The third-order valence-electron chi connectivity index (χ3n) is 3.21. The summed E-state index contributed by atoms with van der Waals surface area (Å²) in [5, 5.41) is 12.9. The SMILES string of the molecule is CSc1cc(C(=O)N[C@@H]2C=C[C@H](CO)C2)c(Cl)cc1Cl. The van der Waals surface area contributed by atoms with Gasteiger partial charge in [0, 0.05) is 23.5 Å². The minimum atomic E-state index is -0.227. The van der Waals surface area contributed by atoms with Gasteiger partial charge in [0.05, 0.1) is 15.6 Å². The first kappa shape index (κ1) is 15.7. The molecule has 0 saturated heterocycles. The van der Waals surface area contributed by atoms with Gasteiger partial charge >= 0.3 is 0 Å². The van der Waals surface area contributed by atoms with E-state index in [-0.39, 0.29) is 24.5 Å². The number of aliphatic hydroxyl groups excluding tert-OH is 1. The van der Waals surface area contributed by atoms with E-state index in [1.54, 1.807) is 12.1 Å². The van der Waals surface area contributed by atoms with E-state index in [0.717, 1.165) is 4.90 Å². The van der Waals surface area contributed by atoms with Gasteiger partial charge in [-0.1, -0.05) is 35.4 Å². The lowest BCUT2D eigenvalue weighted by atomic mass is 10.1. The first-order valence-electron chi connectivity index (χ1n) is 6.18. The van der Waals surface area contributed by atoms with Crippen molar-refractivity contribution in [1.29, 1.82) is 0 Å². The molecule has 0 unspecified atom stereocenters. The van der Waals surface area contributed by atoms with Crippen molar-refractivity contribution in [3.8, 4) is 0 Å². The van der Waals surface area contributed by atoms with E-state index < -0.39 is 0 Å². The number of carbonyl (C=O) groups is 1. The highest BCUT2D eigenvalue weighted by molar-refractivity contribution is 7.98. The van der Waals surface area contributed by atoms with Crippen molar-refractivity contribution in [3.63, 3.8) is 0 Å². The van der Waals surface area contributed by atoms with Crippen LogP contribution in [0.2, 0.25) is 10.0 Å². The molecular weight excluding hydrogens is 317 g/mol. The number of rotatable bonds is 4. The van der Waals surface area contributed by atoms with Gasteiger partial charge in [0.25, 0.3) is 5.91 Å². The van der Waals surface area contributed by atoms with E-state index in [9.17, 15) is 4.79 Å². The van der Waals surface area contributed by atoms with Crippen LogP contribution in [0.4, 0.5) is 0 Å². The van der Waals surface area contributed by atoms with Crippen molar-refractivity contribution in [1.82, 2.24) is 5.32 Å². The van der Waals surface area contributed by atoms with Crippen LogP contribution >= 0.6 is 35.0 Å². The van der Waals surface area contributed by atoms with Gasteiger partial charge in [-0.15, -0.1) is 11.8 Å². The maximum Gasteiger partial charge on any atom is 0.253 e. The van der Waals surface area contributed by atoms with Crippen LogP contribution < -0.4 is 5.32 Å². The molecule has 0 saturated carbocycles. The number of benzene rings is 1. The fraction of sp³-hybridized carbons (Fsp3) is 0.357. The summed E-state index contributed by atoms with van der Waals surface area (Å²) in [6.45, 7) is 0.0984. The molecule has 1 aromatic carbocycles. The summed E-state index contributed by atoms with van der Waals surface area (Å²) in [4.78, 5) is 13.1. The number of hydrogen-bond acceptors (Lipinski definition) is 3. The minimum absolute atomic E-state index is 0.0656. The second-order valence-corrected chi connectivity index (χ2v) is 6.27. The Morgan fingerprint density at radius 1 is 1.40 bits per heavy atom. The molecule has 0 spiro atoms. The largest absolute Gasteiger partial charge is 0.396 e. The van der Waals surface area contributed by atoms with E-state index in [4.69, 9.17) is 28.3 Å². The summed E-state index contributed by atoms with van der Waals surface area (Å²) >= 11 is 13.6. The summed E-state index contributed by atoms with van der Waals surface area (Å²) in [5.74, 6) is -0.113. The van der Waals surface area contributed by atoms with Crippen molar-refractivity contribution >= 4 is 40.9 Å². The Bertz CT molecular complexity index is 548. The maximum atomic E-state index is 12.3. The molecule has 0 bridgehead atoms. The summed E-state index contributed by atoms with van der Waals surface area (Å²) in [6.07, 6.45) is 6.42. The van der Waals surface area contributed by atoms with Crippen molar-refractivity contribution in [2.75, 3.05) is 12.9 Å². The normalized spacial score (nSPS) is 21.2. The average molecular weight is 332 g/mol. The number of nitrogens with one attached hydrogen (secondary N) is 1. The van der Waals surface area contributed by atoms with Crippen LogP contribution in [0.15, 0.2) is 29.2 Å². The lowest BCUT2D eigenvalue weighted by Gasteiger charge is -2.14. The predicted molar refractivity (Wildman–Crippen MR) is 83.8 cm³/mol. The zero-order valence-corrected chi connectivity index (χ0v) is 13.2. The number of amides is 1. The van der Waals surface area contributed by atoms with Crippen molar-refractivity contribution in [2.45, 2.75) is 17.4 Å². The number of carbonyl (C=O) groups excluding carboxylic acids is 1. The van der Waals surface area contributed by atoms with Gasteiger partial charge in [0.2, 0.25) is 0 Å². The van der Waals surface area contributed by atoms with E-state index >= 15 is 0 Å². The number of hydrogen-bond donors (Lipinski definition) is 2. The highest BCUT2D eigenvalue weighted by Gasteiger charge is 2.21. The smallest absolute Gasteiger partial charge is 0.253 e. The summed E-state index contributed by atoms with van der Waals surface area (Å²) in [7, 11) is 0. The molecule has 3 nitrogen and oxygen atoms in total. The Morgan fingerprint density at radius 2 is 2.15 bits per heavy atom. The van der Waals surface area contributed by atoms with Gasteiger partial charge in [-0.3, -0.25) is 4.79 Å². The van der Waals surface area contributed by atoms with Gasteiger partial charge in [0.1, 0.15) is 0 Å². The molecule has 0 heterocycles. The molecule has 0 fully saturated rings. The molecule has 2 rings (SSSR count). The third kappa shape index (κ3) is 3.50. The van der Waals surface area contributed by atoms with Gasteiger partial charge < -0.3 is 10.4 Å². The lowest BCUT2D eigenvalue weighted by molar-refractivity contribution is 0.0941. The molecule has 1 aliphatic carbocycles. The summed E-state index contributed by atoms with van der Waals surface area (Å²) in [5.41, 5.74) is 0.418. The third-order valence-corrected chi connectivity index (χ3v) is 4.72. The Hall–Kier alpha value is -0.680. The van der Waals surface area contributed by atoms with E-state index in [2.05, 4.69) is 5.32 Å². The molecule has 2 atom stereocenters. The van der Waals surface area contributed by atoms with Gasteiger partial charge in [-0.25, -0.2) is 0 Å². The lowest BCUT2D eigenvalue weighted by Crippen LogP contribution is -2.33. The minimum Gasteiger partial charge on any atom is -0.396 e. The van der Waals surface area contributed by atoms with Gasteiger partial charge in [-0.05, 0) is 24.8 Å². The highest BCUT2D eigenvalue weighted by atomic mass is 35.5. The first-order chi connectivity index (χ1) is 9.55. The molecule has 2 N–H and O–H groups in total. The van der Waals surface area contributed by atoms with Crippen LogP contribution in [-0.2, 0) is 0 Å². The molecule has 6 heteroatoms. The molecule has 108 valence electrons. The van der Waals surface area contributed by atoms with Gasteiger partial charge in [-0.2, -0.15) is 0 Å². The molecule has 1 aromatic rings. The van der Waals surface area contributed by atoms with Crippen molar-refractivity contribution in [2.24, 2.45) is 5.92 Å². The van der Waals surface area contributed by atoms with Crippen LogP contribution in [0.1, 0.15) is 16.8 Å². The molecule has 1 amide bonds. The van der Waals surface area contributed by atoms with Crippen molar-refractivity contribution < 1.29 is 9.90 Å². The first-order valence-corrected chi connectivity index (χ1v) is 8.16. The Labute approximate surface area is 132 Å². The van der Waals surface area contributed by atoms with Crippen molar-refractivity contribution in [3.05, 3.63) is 39.9 Å². The van der Waals surface area contributed by atoms with Crippen LogP contribution in [-0.4, -0.2) is 29.9 Å². The summed E-state index contributed by atoms with van der Waals surface area (Å²) < 4.78 is 0. The average Bonchev–Trinajstić information content (AvgIpc) is 2.86. The second kappa shape index (κ2) is 6.85. The van der Waals surface area contributed by atoms with Crippen LogP contribution in [0, 0.1) is 5.92 Å². The van der Waals surface area contributed by atoms with E-state index in [1.165, 1.54) is 11.8 Å².